The van der Waals surface area contributed by atoms with Crippen molar-refractivity contribution in [3.05, 3.63) is 0 Å². The summed E-state index contributed by atoms with van der Waals surface area (Å²) in [5.74, 6) is -0.283. The van der Waals surface area contributed by atoms with Crippen LogP contribution in [0.2, 0.25) is 0 Å². The van der Waals surface area contributed by atoms with E-state index in [1.54, 1.807) is 0 Å². The molecule has 0 spiro atoms. The number of rotatable bonds is 2. The molecule has 1 fully saturated rings. The number of esters is 1. The summed E-state index contributed by atoms with van der Waals surface area (Å²) in [5.41, 5.74) is -0.389. The Morgan fingerprint density at radius 3 is 2.42 bits per heavy atom. The minimum atomic E-state index is -0.389. The molecule has 12 heavy (non-hydrogen) atoms. The van der Waals surface area contributed by atoms with Crippen LogP contribution in [-0.4, -0.2) is 24.3 Å². The summed E-state index contributed by atoms with van der Waals surface area (Å²) in [6, 6.07) is 0. The molecule has 0 N–H and O–H groups in total. The van der Waals surface area contributed by atoms with Crippen LogP contribution in [0.25, 0.3) is 0 Å². The van der Waals surface area contributed by atoms with Crippen molar-refractivity contribution in [2.45, 2.75) is 39.4 Å². The van der Waals surface area contributed by atoms with Gasteiger partial charge in [0.1, 0.15) is 5.60 Å². The number of hydrogen-bond donors (Lipinski definition) is 0. The average molecular weight is 172 g/mol. The van der Waals surface area contributed by atoms with Gasteiger partial charge < -0.3 is 9.47 Å². The van der Waals surface area contributed by atoms with Crippen LogP contribution in [0.15, 0.2) is 0 Å². The lowest BCUT2D eigenvalue weighted by Gasteiger charge is -2.21. The summed E-state index contributed by atoms with van der Waals surface area (Å²) in [6.45, 7) is 8.13. The average Bonchev–Trinajstić information content (AvgIpc) is 2.62. The molecule has 0 bridgehead atoms. The van der Waals surface area contributed by atoms with Crippen LogP contribution in [-0.2, 0) is 14.3 Å². The predicted molar refractivity (Wildman–Crippen MR) is 44.7 cm³/mol. The van der Waals surface area contributed by atoms with Crippen molar-refractivity contribution in [2.75, 3.05) is 6.61 Å². The van der Waals surface area contributed by atoms with E-state index in [0.29, 0.717) is 6.61 Å². The molecule has 1 aliphatic rings. The van der Waals surface area contributed by atoms with Gasteiger partial charge in [0.15, 0.2) is 0 Å². The largest absolute Gasteiger partial charge is 0.460 e. The maximum atomic E-state index is 11.3. The molecule has 0 aliphatic carbocycles. The smallest absolute Gasteiger partial charge is 0.311 e. The normalized spacial score (nSPS) is 24.8. The van der Waals surface area contributed by atoms with E-state index in [2.05, 4.69) is 0 Å². The molecule has 2 unspecified atom stereocenters. The van der Waals surface area contributed by atoms with Crippen LogP contribution in [0.3, 0.4) is 0 Å². The van der Waals surface area contributed by atoms with Gasteiger partial charge in [-0.25, -0.2) is 0 Å². The molecule has 2 atom stereocenters. The molecule has 3 heteroatoms. The lowest BCUT2D eigenvalue weighted by Crippen LogP contribution is -2.29. The zero-order valence-electron chi connectivity index (χ0n) is 8.09. The van der Waals surface area contributed by atoms with E-state index in [9.17, 15) is 4.79 Å². The van der Waals surface area contributed by atoms with Gasteiger partial charge in [-0.1, -0.05) is 0 Å². The molecule has 0 aromatic carbocycles. The molecule has 0 saturated carbocycles. The second-order valence-corrected chi connectivity index (χ2v) is 4.19. The number of carbonyl (C=O) groups excluding carboxylic acids is 1. The lowest BCUT2D eigenvalue weighted by molar-refractivity contribution is -0.159. The van der Waals surface area contributed by atoms with Gasteiger partial charge in [-0.15, -0.1) is 0 Å². The van der Waals surface area contributed by atoms with E-state index in [0.717, 1.165) is 0 Å². The highest BCUT2D eigenvalue weighted by molar-refractivity contribution is 5.73. The fourth-order valence-corrected chi connectivity index (χ4v) is 0.891. The maximum Gasteiger partial charge on any atom is 0.311 e. The predicted octanol–water partition coefficient (Wildman–Crippen LogP) is 1.36. The minimum absolute atomic E-state index is 0.0971. The summed E-state index contributed by atoms with van der Waals surface area (Å²) in [4.78, 5) is 11.3. The van der Waals surface area contributed by atoms with Crippen molar-refractivity contribution in [1.82, 2.24) is 0 Å². The van der Waals surface area contributed by atoms with Crippen molar-refractivity contribution in [2.24, 2.45) is 5.92 Å². The first-order valence-corrected chi connectivity index (χ1v) is 4.24. The molecule has 3 nitrogen and oxygen atoms in total. The Labute approximate surface area is 73.0 Å². The third-order valence-electron chi connectivity index (χ3n) is 1.70. The Kier molecular flexibility index (Phi) is 2.42. The van der Waals surface area contributed by atoms with E-state index >= 15 is 0 Å². The highest BCUT2D eigenvalue weighted by Crippen LogP contribution is 2.22. The summed E-state index contributed by atoms with van der Waals surface area (Å²) >= 11 is 0. The highest BCUT2D eigenvalue weighted by atomic mass is 16.6. The number of ether oxygens (including phenoxy) is 2. The second kappa shape index (κ2) is 3.05. The Bertz CT molecular complexity index is 177. The van der Waals surface area contributed by atoms with E-state index in [1.165, 1.54) is 0 Å². The van der Waals surface area contributed by atoms with Crippen molar-refractivity contribution in [3.8, 4) is 0 Å². The first-order chi connectivity index (χ1) is 5.40. The summed E-state index contributed by atoms with van der Waals surface area (Å²) in [5, 5.41) is 0. The summed E-state index contributed by atoms with van der Waals surface area (Å²) in [7, 11) is 0. The molecule has 0 amide bonds. The van der Waals surface area contributed by atoms with Gasteiger partial charge >= 0.3 is 5.97 Å². The molecular weight excluding hydrogens is 156 g/mol. The fourth-order valence-electron chi connectivity index (χ4n) is 0.891. The van der Waals surface area contributed by atoms with E-state index in [-0.39, 0.29) is 23.6 Å². The fraction of sp³-hybridized carbons (Fsp3) is 0.889. The van der Waals surface area contributed by atoms with Crippen molar-refractivity contribution >= 4 is 5.97 Å². The molecule has 1 rings (SSSR count). The summed E-state index contributed by atoms with van der Waals surface area (Å²) in [6.07, 6.45) is 0.0971. The maximum absolute atomic E-state index is 11.3. The molecule has 0 aromatic heterocycles. The lowest BCUT2D eigenvalue weighted by atomic mass is 10.1. The van der Waals surface area contributed by atoms with Crippen LogP contribution in [0, 0.1) is 5.92 Å². The van der Waals surface area contributed by atoms with E-state index < -0.39 is 0 Å². The molecule has 0 radical (unpaired) electrons. The molecule has 1 saturated heterocycles. The van der Waals surface area contributed by atoms with Gasteiger partial charge in [0.2, 0.25) is 0 Å². The Morgan fingerprint density at radius 1 is 1.58 bits per heavy atom. The van der Waals surface area contributed by atoms with Gasteiger partial charge in [0, 0.05) is 0 Å². The van der Waals surface area contributed by atoms with Crippen molar-refractivity contribution in [1.29, 1.82) is 0 Å². The van der Waals surface area contributed by atoms with Gasteiger partial charge in [-0.2, -0.15) is 0 Å². The molecule has 1 aliphatic heterocycles. The highest BCUT2D eigenvalue weighted by Gasteiger charge is 2.36. The third-order valence-corrected chi connectivity index (χ3v) is 1.70. The molecule has 70 valence electrons. The molecule has 0 aromatic rings. The van der Waals surface area contributed by atoms with Crippen LogP contribution in [0.5, 0.6) is 0 Å². The van der Waals surface area contributed by atoms with E-state index in [4.69, 9.17) is 9.47 Å². The summed E-state index contributed by atoms with van der Waals surface area (Å²) < 4.78 is 10.2. The zero-order chi connectivity index (χ0) is 9.35. The van der Waals surface area contributed by atoms with Gasteiger partial charge in [0.05, 0.1) is 18.6 Å². The SMILES string of the molecule is CC(C(=O)OC(C)(C)C)C1CO1. The monoisotopic (exact) mass is 172 g/mol. The van der Waals surface area contributed by atoms with Crippen LogP contribution in [0.4, 0.5) is 0 Å². The number of epoxide rings is 1. The minimum Gasteiger partial charge on any atom is -0.460 e. The Morgan fingerprint density at radius 2 is 2.08 bits per heavy atom. The standard InChI is InChI=1S/C9H16O3/c1-6(7-5-11-7)8(10)12-9(2,3)4/h6-7H,5H2,1-4H3. The van der Waals surface area contributed by atoms with E-state index in [1.807, 2.05) is 27.7 Å². The van der Waals surface area contributed by atoms with Gasteiger partial charge in [0.25, 0.3) is 0 Å². The van der Waals surface area contributed by atoms with Crippen LogP contribution < -0.4 is 0 Å². The topological polar surface area (TPSA) is 38.8 Å². The van der Waals surface area contributed by atoms with Crippen LogP contribution >= 0.6 is 0 Å². The van der Waals surface area contributed by atoms with Crippen molar-refractivity contribution in [3.63, 3.8) is 0 Å². The van der Waals surface area contributed by atoms with Crippen LogP contribution in [0.1, 0.15) is 27.7 Å². The van der Waals surface area contributed by atoms with Crippen molar-refractivity contribution < 1.29 is 14.3 Å². The first-order valence-electron chi connectivity index (χ1n) is 4.24. The van der Waals surface area contributed by atoms with Gasteiger partial charge in [-0.05, 0) is 27.7 Å². The molecular formula is C9H16O3. The Balaban J connectivity index is 2.36. The van der Waals surface area contributed by atoms with Gasteiger partial charge in [-0.3, -0.25) is 4.79 Å². The second-order valence-electron chi connectivity index (χ2n) is 4.19. The quantitative estimate of drug-likeness (QED) is 0.466. The Hall–Kier alpha value is -0.570. The number of hydrogen-bond acceptors (Lipinski definition) is 3. The zero-order valence-corrected chi connectivity index (χ0v) is 8.09. The number of carbonyl (C=O) groups is 1. The third kappa shape index (κ3) is 2.81. The first kappa shape index (κ1) is 9.52. The molecule has 1 heterocycles.